The third kappa shape index (κ3) is 3.41. The zero-order chi connectivity index (χ0) is 39.1. The molecule has 0 N–H and O–H groups in total. The maximum Gasteiger partial charge on any atom is 0.252 e. The van der Waals surface area contributed by atoms with Crippen LogP contribution in [0.3, 0.4) is 0 Å². The molecule has 0 spiro atoms. The summed E-state index contributed by atoms with van der Waals surface area (Å²) in [6.45, 7) is 13.8. The Labute approximate surface area is 342 Å². The fourth-order valence-corrected chi connectivity index (χ4v) is 12.9. The minimum atomic E-state index is 0.0681. The first-order valence-electron chi connectivity index (χ1n) is 21.3. The second-order valence-electron chi connectivity index (χ2n) is 18.5. The van der Waals surface area contributed by atoms with Gasteiger partial charge in [-0.25, -0.2) is 0 Å². The monoisotopic (exact) mass is 749 g/mol. The first kappa shape index (κ1) is 31.3. The van der Waals surface area contributed by atoms with Crippen LogP contribution in [0, 0.1) is 41.5 Å². The summed E-state index contributed by atoms with van der Waals surface area (Å²) >= 11 is 0. The molecule has 274 valence electrons. The van der Waals surface area contributed by atoms with Crippen LogP contribution in [-0.2, 0) is 0 Å². The highest BCUT2D eigenvalue weighted by molar-refractivity contribution is 7.04. The van der Waals surface area contributed by atoms with E-state index in [4.69, 9.17) is 0 Å². The zero-order valence-corrected chi connectivity index (χ0v) is 34.0. The number of nitrogens with zero attached hydrogens (tertiary/aromatic N) is 3. The highest BCUT2D eigenvalue weighted by Crippen LogP contribution is 2.48. The van der Waals surface area contributed by atoms with Crippen LogP contribution < -0.4 is 32.8 Å². The summed E-state index contributed by atoms with van der Waals surface area (Å²) in [6.07, 6.45) is 0. The van der Waals surface area contributed by atoms with Crippen LogP contribution in [0.5, 0.6) is 0 Å². The van der Waals surface area contributed by atoms with Crippen molar-refractivity contribution in [2.24, 2.45) is 0 Å². The zero-order valence-electron chi connectivity index (χ0n) is 34.0. The van der Waals surface area contributed by atoms with Gasteiger partial charge < -0.3 is 13.7 Å². The lowest BCUT2D eigenvalue weighted by molar-refractivity contribution is 1.11. The molecule has 3 nitrogen and oxygen atoms in total. The van der Waals surface area contributed by atoms with Crippen molar-refractivity contribution < 1.29 is 0 Å². The Bertz CT molecular complexity index is 3680. The molecule has 5 heteroatoms. The number of rotatable bonds is 1. The normalized spacial score (nSPS) is 13.9. The Balaban J connectivity index is 1.32. The molecule has 0 atom stereocenters. The van der Waals surface area contributed by atoms with Gasteiger partial charge in [0.25, 0.3) is 13.4 Å². The van der Waals surface area contributed by atoms with Crippen molar-refractivity contribution in [2.75, 3.05) is 0 Å². The fourth-order valence-electron chi connectivity index (χ4n) is 12.9. The van der Waals surface area contributed by atoms with E-state index in [0.29, 0.717) is 0 Å². The van der Waals surface area contributed by atoms with Gasteiger partial charge in [0.15, 0.2) is 0 Å². The van der Waals surface area contributed by atoms with Crippen molar-refractivity contribution >= 4 is 112 Å². The largest absolute Gasteiger partial charge is 0.311 e. The average molecular weight is 750 g/mol. The van der Waals surface area contributed by atoms with Crippen LogP contribution in [-0.4, -0.2) is 27.1 Å². The van der Waals surface area contributed by atoms with Gasteiger partial charge >= 0.3 is 0 Å². The van der Waals surface area contributed by atoms with Gasteiger partial charge in [0.05, 0.1) is 22.4 Å². The molecular weight excluding hydrogens is 712 g/mol. The van der Waals surface area contributed by atoms with E-state index in [0.717, 1.165) is 0 Å². The molecule has 0 saturated heterocycles. The van der Waals surface area contributed by atoms with Crippen LogP contribution in [0.4, 0.5) is 0 Å². The Hall–Kier alpha value is -6.71. The first-order valence-corrected chi connectivity index (χ1v) is 21.3. The highest BCUT2D eigenvalue weighted by Gasteiger charge is 2.50. The summed E-state index contributed by atoms with van der Waals surface area (Å²) in [6, 6.07) is 45.6. The third-order valence-electron chi connectivity index (χ3n) is 14.7. The molecule has 0 unspecified atom stereocenters. The van der Waals surface area contributed by atoms with Crippen molar-refractivity contribution in [1.82, 2.24) is 13.7 Å². The lowest BCUT2D eigenvalue weighted by Crippen LogP contribution is -2.67. The molecule has 8 aromatic carbocycles. The Morgan fingerprint density at radius 1 is 0.339 bits per heavy atom. The van der Waals surface area contributed by atoms with Gasteiger partial charge in [-0.3, -0.25) is 0 Å². The van der Waals surface area contributed by atoms with E-state index in [1.54, 1.807) is 0 Å². The summed E-state index contributed by atoms with van der Waals surface area (Å²) < 4.78 is 8.18. The SMILES string of the molecule is Cc1ccc2c(c1)c1cc(C)cc3c1n2-c1c2c4c5c(c1-c1ccccc1)-n1c6ccc(C)cc6c6cc(C)cc(c61)B5c1cc(C)cc5c6cc(C)cc(c6n-4c15)B23. The maximum atomic E-state index is 2.76. The highest BCUT2D eigenvalue weighted by atomic mass is 15.1. The molecule has 15 rings (SSSR count). The van der Waals surface area contributed by atoms with E-state index in [-0.39, 0.29) is 13.4 Å². The molecule has 4 aliphatic heterocycles. The second kappa shape index (κ2) is 9.93. The predicted octanol–water partition coefficient (Wildman–Crippen LogP) is 8.78. The number of aromatic nitrogens is 3. The van der Waals surface area contributed by atoms with Gasteiger partial charge in [0, 0.05) is 65.6 Å². The number of aryl methyl sites for hydroxylation is 6. The van der Waals surface area contributed by atoms with E-state index >= 15 is 0 Å². The van der Waals surface area contributed by atoms with Crippen molar-refractivity contribution in [3.8, 4) is 28.2 Å². The van der Waals surface area contributed by atoms with Gasteiger partial charge in [-0.1, -0.05) is 100 Å². The average Bonchev–Trinajstić information content (AvgIpc) is 3.83. The minimum absolute atomic E-state index is 0.0681. The van der Waals surface area contributed by atoms with Gasteiger partial charge in [-0.05, 0) is 128 Å². The Kier molecular flexibility index (Phi) is 5.27. The Morgan fingerprint density at radius 3 is 1.14 bits per heavy atom. The summed E-state index contributed by atoms with van der Waals surface area (Å²) in [4.78, 5) is 0. The van der Waals surface area contributed by atoms with Crippen LogP contribution in [0.25, 0.3) is 93.6 Å². The van der Waals surface area contributed by atoms with Crippen molar-refractivity contribution in [1.29, 1.82) is 0 Å². The van der Waals surface area contributed by atoms with E-state index in [2.05, 4.69) is 171 Å². The van der Waals surface area contributed by atoms with Gasteiger partial charge in [-0.15, -0.1) is 0 Å². The number of fused-ring (bicyclic) bond motifs is 13. The van der Waals surface area contributed by atoms with Crippen LogP contribution in [0.2, 0.25) is 0 Å². The second-order valence-corrected chi connectivity index (χ2v) is 18.5. The predicted molar refractivity (Wildman–Crippen MR) is 253 cm³/mol. The summed E-state index contributed by atoms with van der Waals surface area (Å²) in [5.74, 6) is 0. The molecule has 0 saturated carbocycles. The van der Waals surface area contributed by atoms with E-state index in [9.17, 15) is 0 Å². The van der Waals surface area contributed by atoms with Crippen LogP contribution >= 0.6 is 0 Å². The summed E-state index contributed by atoms with van der Waals surface area (Å²) in [7, 11) is 0. The third-order valence-corrected chi connectivity index (χ3v) is 14.7. The molecule has 3 aromatic heterocycles. The lowest BCUT2D eigenvalue weighted by Gasteiger charge is -2.43. The molecule has 0 radical (unpaired) electrons. The van der Waals surface area contributed by atoms with Crippen LogP contribution in [0.1, 0.15) is 33.4 Å². The summed E-state index contributed by atoms with van der Waals surface area (Å²) in [5.41, 5.74) is 31.2. The molecular formula is C54H37B2N3. The molecule has 0 fully saturated rings. The van der Waals surface area contributed by atoms with Crippen LogP contribution in [0.15, 0.2) is 115 Å². The van der Waals surface area contributed by atoms with Gasteiger partial charge in [0.2, 0.25) is 0 Å². The van der Waals surface area contributed by atoms with E-state index in [1.165, 1.54) is 160 Å². The minimum Gasteiger partial charge on any atom is -0.311 e. The van der Waals surface area contributed by atoms with Gasteiger partial charge in [0.1, 0.15) is 0 Å². The van der Waals surface area contributed by atoms with E-state index in [1.807, 2.05) is 0 Å². The maximum absolute atomic E-state index is 2.76. The molecule has 59 heavy (non-hydrogen) atoms. The molecule has 0 amide bonds. The van der Waals surface area contributed by atoms with Crippen molar-refractivity contribution in [3.05, 3.63) is 149 Å². The first-order chi connectivity index (χ1) is 28.7. The Morgan fingerprint density at radius 2 is 0.712 bits per heavy atom. The van der Waals surface area contributed by atoms with Crippen molar-refractivity contribution in [2.45, 2.75) is 41.5 Å². The van der Waals surface area contributed by atoms with Crippen molar-refractivity contribution in [3.63, 3.8) is 0 Å². The smallest absolute Gasteiger partial charge is 0.252 e. The lowest BCUT2D eigenvalue weighted by atomic mass is 9.29. The summed E-state index contributed by atoms with van der Waals surface area (Å²) in [5, 5.41) is 8.14. The van der Waals surface area contributed by atoms with E-state index < -0.39 is 0 Å². The van der Waals surface area contributed by atoms with Gasteiger partial charge in [-0.2, -0.15) is 0 Å². The fraction of sp³-hybridized carbons (Fsp3) is 0.111. The number of benzene rings is 8. The molecule has 0 bridgehead atoms. The molecule has 11 aromatic rings. The number of hydrogen-bond donors (Lipinski definition) is 0. The quantitative estimate of drug-likeness (QED) is 0.149. The number of hydrogen-bond acceptors (Lipinski definition) is 0. The topological polar surface area (TPSA) is 14.8 Å². The standard InChI is InChI=1S/C54H37B2N3/c1-26-12-14-43-33(16-26)35-18-28(3)22-39-48(35)57(43)52-45(32-10-8-7-9-11-32)53-47-54-46(52)55(39)41-24-30(5)20-37-38-21-31(6)25-42(51(38)59(54)50(37)41)56(47)40-23-29(4)19-36-34-17-27(2)13-15-44(34)58(53)49(36)40/h7-25H,1-6H3. The molecule has 4 aliphatic rings. The molecule has 0 aliphatic carbocycles. The molecule has 7 heterocycles.